The van der Waals surface area contributed by atoms with Crippen LogP contribution >= 0.6 is 0 Å². The Morgan fingerprint density at radius 3 is 2.46 bits per heavy atom. The summed E-state index contributed by atoms with van der Waals surface area (Å²) >= 11 is 0. The average molecular weight is 559 g/mol. The smallest absolute Gasteiger partial charge is 0.407 e. The number of halogens is 1. The first-order valence-corrected chi connectivity index (χ1v) is 13.2. The third-order valence-electron chi connectivity index (χ3n) is 6.31. The Kier molecular flexibility index (Phi) is 8.33. The van der Waals surface area contributed by atoms with Crippen molar-refractivity contribution in [1.82, 2.24) is 20.1 Å². The van der Waals surface area contributed by atoms with Gasteiger partial charge in [0, 0.05) is 32.2 Å². The second-order valence-corrected chi connectivity index (χ2v) is 11.0. The second kappa shape index (κ2) is 11.7. The van der Waals surface area contributed by atoms with E-state index >= 15 is 4.39 Å². The van der Waals surface area contributed by atoms with E-state index in [4.69, 9.17) is 4.74 Å². The zero-order chi connectivity index (χ0) is 29.9. The first kappa shape index (κ1) is 29.1. The van der Waals surface area contributed by atoms with Crippen molar-refractivity contribution in [3.05, 3.63) is 71.5 Å². The number of carbonyl (C=O) groups excluding carboxylic acids is 1. The van der Waals surface area contributed by atoms with Gasteiger partial charge in [-0.1, -0.05) is 30.3 Å². The number of alkyl carbamates (subject to hydrolysis) is 1. The third kappa shape index (κ3) is 6.84. The maximum atomic E-state index is 15.3. The molecule has 41 heavy (non-hydrogen) atoms. The minimum Gasteiger partial charge on any atom is -0.444 e. The highest BCUT2D eigenvalue weighted by atomic mass is 19.1. The van der Waals surface area contributed by atoms with Gasteiger partial charge in [-0.3, -0.25) is 4.68 Å². The van der Waals surface area contributed by atoms with E-state index in [-0.39, 0.29) is 17.2 Å². The lowest BCUT2D eigenvalue weighted by Gasteiger charge is -2.28. The summed E-state index contributed by atoms with van der Waals surface area (Å²) in [6.45, 7) is 7.13. The molecular formula is C30H35FN8O2. The molecule has 0 aliphatic carbocycles. The first-order chi connectivity index (χ1) is 19.4. The number of ether oxygens (including phenoxy) is 1. The summed E-state index contributed by atoms with van der Waals surface area (Å²) in [4.78, 5) is 18.9. The molecule has 0 aliphatic heterocycles. The number of hydrogen-bond donors (Lipinski definition) is 3. The molecule has 0 bridgehead atoms. The van der Waals surface area contributed by atoms with Gasteiger partial charge in [0.05, 0.1) is 23.2 Å². The van der Waals surface area contributed by atoms with Gasteiger partial charge in [-0.25, -0.2) is 14.2 Å². The average Bonchev–Trinajstić information content (AvgIpc) is 3.23. The number of amides is 1. The molecule has 3 N–H and O–H groups in total. The third-order valence-corrected chi connectivity index (χ3v) is 6.31. The molecule has 11 heteroatoms. The van der Waals surface area contributed by atoms with Crippen molar-refractivity contribution >= 4 is 40.1 Å². The molecule has 0 unspecified atom stereocenters. The quantitative estimate of drug-likeness (QED) is 0.246. The van der Waals surface area contributed by atoms with Gasteiger partial charge in [-0.2, -0.15) is 10.4 Å². The summed E-state index contributed by atoms with van der Waals surface area (Å²) in [6, 6.07) is 17.1. The molecular weight excluding hydrogens is 523 g/mol. The van der Waals surface area contributed by atoms with Gasteiger partial charge in [-0.05, 0) is 57.5 Å². The summed E-state index contributed by atoms with van der Waals surface area (Å²) in [5.41, 5.74) is 1.77. The molecule has 2 atom stereocenters. The molecule has 0 fully saturated rings. The largest absolute Gasteiger partial charge is 0.444 e. The standard InChI is InChI=1S/C30H35FN8O2/c1-18(33-29(40)41-30(2,3)4)25(19-11-9-8-10-12-19)35-27-23(31)15-20(17-32)26(36-27)34-21-13-14-24-22(16-21)28(38(5)6)37-39(24)7/h8-16,18,25H,1-7H3,(H,33,40)(H2,34,35,36)/t18-,25-/m0/s1. The number of aryl methyl sites for hydroxylation is 1. The summed E-state index contributed by atoms with van der Waals surface area (Å²) < 4.78 is 22.5. The lowest BCUT2D eigenvalue weighted by Crippen LogP contribution is -2.42. The molecule has 0 radical (unpaired) electrons. The first-order valence-electron chi connectivity index (χ1n) is 13.2. The van der Waals surface area contributed by atoms with Gasteiger partial charge in [-0.15, -0.1) is 0 Å². The Bertz CT molecular complexity index is 1590. The normalized spacial score (nSPS) is 12.8. The zero-order valence-electron chi connectivity index (χ0n) is 24.3. The number of rotatable bonds is 8. The van der Waals surface area contributed by atoms with Crippen molar-refractivity contribution in [2.45, 2.75) is 45.4 Å². The van der Waals surface area contributed by atoms with Crippen molar-refractivity contribution in [3.63, 3.8) is 0 Å². The van der Waals surface area contributed by atoms with E-state index in [0.717, 1.165) is 28.4 Å². The lowest BCUT2D eigenvalue weighted by molar-refractivity contribution is 0.0503. The summed E-state index contributed by atoms with van der Waals surface area (Å²) in [5.74, 6) is 0.202. The fourth-order valence-corrected chi connectivity index (χ4v) is 4.44. The van der Waals surface area contributed by atoms with Crippen molar-refractivity contribution < 1.29 is 13.9 Å². The Balaban J connectivity index is 1.67. The Morgan fingerprint density at radius 1 is 1.12 bits per heavy atom. The zero-order valence-corrected chi connectivity index (χ0v) is 24.3. The van der Waals surface area contributed by atoms with Gasteiger partial charge >= 0.3 is 6.09 Å². The van der Waals surface area contributed by atoms with Gasteiger partial charge < -0.3 is 25.6 Å². The maximum absolute atomic E-state index is 15.3. The van der Waals surface area contributed by atoms with Crippen LogP contribution in [0.25, 0.3) is 10.9 Å². The molecule has 1 amide bonds. The Morgan fingerprint density at radius 2 is 1.83 bits per heavy atom. The van der Waals surface area contributed by atoms with Crippen LogP contribution in [-0.4, -0.2) is 46.6 Å². The summed E-state index contributed by atoms with van der Waals surface area (Å²) in [5, 5.41) is 24.4. The van der Waals surface area contributed by atoms with Crippen LogP contribution in [0.2, 0.25) is 0 Å². The number of pyridine rings is 1. The molecule has 214 valence electrons. The van der Waals surface area contributed by atoms with Gasteiger partial charge in [0.15, 0.2) is 23.3 Å². The van der Waals surface area contributed by atoms with Crippen molar-refractivity contribution in [1.29, 1.82) is 5.26 Å². The van der Waals surface area contributed by atoms with Crippen LogP contribution in [0.4, 0.5) is 32.3 Å². The highest BCUT2D eigenvalue weighted by Gasteiger charge is 2.26. The molecule has 2 aromatic carbocycles. The Hall–Kier alpha value is -4.85. The van der Waals surface area contributed by atoms with Gasteiger partial charge in [0.25, 0.3) is 0 Å². The predicted octanol–water partition coefficient (Wildman–Crippen LogP) is 5.86. The van der Waals surface area contributed by atoms with E-state index < -0.39 is 29.6 Å². The van der Waals surface area contributed by atoms with E-state index in [1.807, 2.05) is 80.6 Å². The number of nitrogens with one attached hydrogen (secondary N) is 3. The van der Waals surface area contributed by atoms with Crippen LogP contribution in [0, 0.1) is 17.1 Å². The fraction of sp³-hybridized carbons (Fsp3) is 0.333. The van der Waals surface area contributed by atoms with Crippen LogP contribution in [0.15, 0.2) is 54.6 Å². The van der Waals surface area contributed by atoms with Crippen LogP contribution in [-0.2, 0) is 11.8 Å². The minimum absolute atomic E-state index is 0.0448. The van der Waals surface area contributed by atoms with Crippen molar-refractivity contribution in [2.75, 3.05) is 29.6 Å². The number of nitrogens with zero attached hydrogens (tertiary/aromatic N) is 5. The summed E-state index contributed by atoms with van der Waals surface area (Å²) in [7, 11) is 5.70. The fourth-order valence-electron chi connectivity index (χ4n) is 4.44. The molecule has 0 saturated heterocycles. The molecule has 0 saturated carbocycles. The molecule has 4 rings (SSSR count). The van der Waals surface area contributed by atoms with Crippen molar-refractivity contribution in [3.8, 4) is 6.07 Å². The van der Waals surface area contributed by atoms with E-state index in [2.05, 4.69) is 26.0 Å². The monoisotopic (exact) mass is 558 g/mol. The van der Waals surface area contributed by atoms with Crippen LogP contribution < -0.4 is 20.9 Å². The Labute approximate surface area is 239 Å². The summed E-state index contributed by atoms with van der Waals surface area (Å²) in [6.07, 6.45) is -0.591. The molecule has 0 aliphatic rings. The highest BCUT2D eigenvalue weighted by Crippen LogP contribution is 2.31. The number of anilines is 4. The lowest BCUT2D eigenvalue weighted by atomic mass is 10.0. The predicted molar refractivity (Wildman–Crippen MR) is 159 cm³/mol. The molecule has 0 spiro atoms. The van der Waals surface area contributed by atoms with Gasteiger partial charge in [0.1, 0.15) is 11.7 Å². The molecule has 10 nitrogen and oxygen atoms in total. The van der Waals surface area contributed by atoms with E-state index in [9.17, 15) is 10.1 Å². The van der Waals surface area contributed by atoms with Crippen LogP contribution in [0.1, 0.15) is 44.9 Å². The van der Waals surface area contributed by atoms with E-state index in [0.29, 0.717) is 5.69 Å². The van der Waals surface area contributed by atoms with Crippen LogP contribution in [0.5, 0.6) is 0 Å². The maximum Gasteiger partial charge on any atom is 0.407 e. The number of carbonyl (C=O) groups is 1. The highest BCUT2D eigenvalue weighted by molar-refractivity contribution is 5.93. The molecule has 2 heterocycles. The minimum atomic E-state index is -0.699. The van der Waals surface area contributed by atoms with Crippen LogP contribution in [0.3, 0.4) is 0 Å². The van der Waals surface area contributed by atoms with Gasteiger partial charge in [0.2, 0.25) is 0 Å². The number of aromatic nitrogens is 3. The SMILES string of the molecule is C[C@H](NC(=O)OC(C)(C)C)[C@H](Nc1nc(Nc2ccc3c(c2)c(N(C)C)nn3C)c(C#N)cc1F)c1ccccc1. The van der Waals surface area contributed by atoms with E-state index in [1.165, 1.54) is 0 Å². The molecule has 4 aromatic rings. The number of fused-ring (bicyclic) bond motifs is 1. The number of benzene rings is 2. The number of nitriles is 1. The topological polar surface area (TPSA) is 120 Å². The van der Waals surface area contributed by atoms with E-state index in [1.54, 1.807) is 32.4 Å². The van der Waals surface area contributed by atoms with Crippen molar-refractivity contribution in [2.24, 2.45) is 7.05 Å². The number of hydrogen-bond acceptors (Lipinski definition) is 8. The molecule has 2 aromatic heterocycles. The second-order valence-electron chi connectivity index (χ2n) is 11.0.